The summed E-state index contributed by atoms with van der Waals surface area (Å²) in [5.74, 6) is 1.16. The summed E-state index contributed by atoms with van der Waals surface area (Å²) in [6.45, 7) is 4.03. The summed E-state index contributed by atoms with van der Waals surface area (Å²) in [6, 6.07) is 9.75. The van der Waals surface area contributed by atoms with E-state index in [2.05, 4.69) is 21.6 Å². The van der Waals surface area contributed by atoms with Crippen LogP contribution in [0.3, 0.4) is 0 Å². The highest BCUT2D eigenvalue weighted by molar-refractivity contribution is 5.69. The fourth-order valence-electron chi connectivity index (χ4n) is 2.26. The lowest BCUT2D eigenvalue weighted by atomic mass is 10.0. The molecule has 1 aromatic carbocycles. The highest BCUT2D eigenvalue weighted by Crippen LogP contribution is 2.29. The quantitative estimate of drug-likeness (QED) is 0.911. The Morgan fingerprint density at radius 2 is 1.95 bits per heavy atom. The number of nitriles is 1. The summed E-state index contributed by atoms with van der Waals surface area (Å²) in [5.41, 5.74) is 3.14. The smallest absolute Gasteiger partial charge is 0.171 e. The van der Waals surface area contributed by atoms with Crippen molar-refractivity contribution >= 4 is 11.5 Å². The minimum absolute atomic E-state index is 0.469. The molecule has 2 aromatic rings. The van der Waals surface area contributed by atoms with Crippen LogP contribution < -0.4 is 10.1 Å². The molecule has 0 unspecified atom stereocenters. The van der Waals surface area contributed by atoms with Gasteiger partial charge in [0, 0.05) is 0 Å². The fourth-order valence-corrected chi connectivity index (χ4v) is 2.26. The van der Waals surface area contributed by atoms with Gasteiger partial charge in [0.1, 0.15) is 17.4 Å². The van der Waals surface area contributed by atoms with Crippen LogP contribution in [0.5, 0.6) is 5.75 Å². The molecule has 0 aliphatic carbocycles. The number of hydrogen-bond acceptors (Lipinski definition) is 5. The Morgan fingerprint density at radius 1 is 1.19 bits per heavy atom. The van der Waals surface area contributed by atoms with Crippen molar-refractivity contribution in [2.75, 3.05) is 12.4 Å². The van der Waals surface area contributed by atoms with Gasteiger partial charge in [-0.15, -0.1) is 5.10 Å². The molecule has 0 amide bonds. The first-order valence-corrected chi connectivity index (χ1v) is 6.93. The molecule has 0 aliphatic rings. The van der Waals surface area contributed by atoms with Gasteiger partial charge < -0.3 is 10.1 Å². The number of ether oxygens (including phenoxy) is 1. The Balaban J connectivity index is 2.48. The molecule has 0 bridgehead atoms. The molecule has 0 aliphatic heterocycles. The van der Waals surface area contributed by atoms with Gasteiger partial charge in [-0.05, 0) is 30.5 Å². The van der Waals surface area contributed by atoms with E-state index in [0.29, 0.717) is 17.1 Å². The number of nitrogens with one attached hydrogen (secondary N) is 1. The van der Waals surface area contributed by atoms with Crippen LogP contribution in [0.4, 0.5) is 11.5 Å². The minimum Gasteiger partial charge on any atom is -0.495 e. The van der Waals surface area contributed by atoms with Crippen LogP contribution in [0.2, 0.25) is 0 Å². The number of para-hydroxylation sites is 2. The Bertz CT molecular complexity index is 676. The molecule has 0 saturated heterocycles. The van der Waals surface area contributed by atoms with Gasteiger partial charge in [-0.1, -0.05) is 26.0 Å². The van der Waals surface area contributed by atoms with Crippen LogP contribution >= 0.6 is 0 Å². The van der Waals surface area contributed by atoms with Gasteiger partial charge in [-0.25, -0.2) is 0 Å². The van der Waals surface area contributed by atoms with Crippen molar-refractivity contribution in [3.05, 3.63) is 41.1 Å². The SMILES string of the molecule is CCc1nnc(Nc2ccccc2OC)c(C#N)c1CC. The molecule has 21 heavy (non-hydrogen) atoms. The Hall–Kier alpha value is -2.61. The van der Waals surface area contributed by atoms with Crippen LogP contribution in [-0.2, 0) is 12.8 Å². The molecule has 1 heterocycles. The molecule has 0 atom stereocenters. The predicted octanol–water partition coefficient (Wildman–Crippen LogP) is 3.23. The Kier molecular flexibility index (Phi) is 4.72. The summed E-state index contributed by atoms with van der Waals surface area (Å²) in [4.78, 5) is 0. The zero-order chi connectivity index (χ0) is 15.2. The van der Waals surface area contributed by atoms with Gasteiger partial charge in [0.05, 0.1) is 18.5 Å². The number of aromatic nitrogens is 2. The second-order valence-corrected chi connectivity index (χ2v) is 4.49. The molecule has 1 aromatic heterocycles. The molecule has 1 N–H and O–H groups in total. The molecule has 0 radical (unpaired) electrons. The van der Waals surface area contributed by atoms with Gasteiger partial charge in [-0.3, -0.25) is 0 Å². The fraction of sp³-hybridized carbons (Fsp3) is 0.312. The van der Waals surface area contributed by atoms with Gasteiger partial charge in [-0.2, -0.15) is 10.4 Å². The number of nitrogens with zero attached hydrogens (tertiary/aromatic N) is 3. The van der Waals surface area contributed by atoms with E-state index >= 15 is 0 Å². The number of benzene rings is 1. The Morgan fingerprint density at radius 3 is 2.57 bits per heavy atom. The molecule has 0 fully saturated rings. The van der Waals surface area contributed by atoms with Gasteiger partial charge in [0.2, 0.25) is 0 Å². The number of anilines is 2. The molecule has 108 valence electrons. The average molecular weight is 282 g/mol. The molecule has 5 heteroatoms. The molecule has 0 spiro atoms. The minimum atomic E-state index is 0.469. The number of methoxy groups -OCH3 is 1. The van der Waals surface area contributed by atoms with Gasteiger partial charge >= 0.3 is 0 Å². The first-order valence-electron chi connectivity index (χ1n) is 6.93. The third-order valence-corrected chi connectivity index (χ3v) is 3.32. The van der Waals surface area contributed by atoms with Crippen molar-refractivity contribution in [2.45, 2.75) is 26.7 Å². The molecular formula is C16H18N4O. The lowest BCUT2D eigenvalue weighted by Crippen LogP contribution is -2.07. The molecular weight excluding hydrogens is 264 g/mol. The monoisotopic (exact) mass is 282 g/mol. The van der Waals surface area contributed by atoms with E-state index in [0.717, 1.165) is 29.8 Å². The van der Waals surface area contributed by atoms with E-state index in [1.165, 1.54) is 0 Å². The maximum absolute atomic E-state index is 9.47. The standard InChI is InChI=1S/C16H18N4O/c1-4-11-12(10-17)16(20-19-13(11)5-2)18-14-8-6-7-9-15(14)21-3/h6-9H,4-5H2,1-3H3,(H,18,20). The van der Waals surface area contributed by atoms with Gasteiger partial charge in [0.25, 0.3) is 0 Å². The first kappa shape index (κ1) is 14.8. The van der Waals surface area contributed by atoms with E-state index < -0.39 is 0 Å². The van der Waals surface area contributed by atoms with Crippen LogP contribution in [0.25, 0.3) is 0 Å². The van der Waals surface area contributed by atoms with Crippen molar-refractivity contribution in [3.63, 3.8) is 0 Å². The first-order chi connectivity index (χ1) is 10.2. The van der Waals surface area contributed by atoms with Crippen molar-refractivity contribution in [1.29, 1.82) is 5.26 Å². The summed E-state index contributed by atoms with van der Waals surface area (Å²) < 4.78 is 5.30. The lowest BCUT2D eigenvalue weighted by molar-refractivity contribution is 0.417. The van der Waals surface area contributed by atoms with Crippen molar-refractivity contribution in [3.8, 4) is 11.8 Å². The van der Waals surface area contributed by atoms with Crippen molar-refractivity contribution in [1.82, 2.24) is 10.2 Å². The number of aryl methyl sites for hydroxylation is 1. The third kappa shape index (κ3) is 2.95. The zero-order valence-corrected chi connectivity index (χ0v) is 12.5. The van der Waals surface area contributed by atoms with Crippen LogP contribution in [0.1, 0.15) is 30.7 Å². The largest absolute Gasteiger partial charge is 0.495 e. The third-order valence-electron chi connectivity index (χ3n) is 3.32. The second kappa shape index (κ2) is 6.71. The molecule has 5 nitrogen and oxygen atoms in total. The Labute approximate surface area is 124 Å². The highest BCUT2D eigenvalue weighted by atomic mass is 16.5. The van der Waals surface area contributed by atoms with Crippen LogP contribution in [-0.4, -0.2) is 17.3 Å². The maximum Gasteiger partial charge on any atom is 0.171 e. The maximum atomic E-state index is 9.47. The van der Waals surface area contributed by atoms with Crippen LogP contribution in [0.15, 0.2) is 24.3 Å². The highest BCUT2D eigenvalue weighted by Gasteiger charge is 2.15. The van der Waals surface area contributed by atoms with Crippen LogP contribution in [0, 0.1) is 11.3 Å². The predicted molar refractivity (Wildman–Crippen MR) is 81.8 cm³/mol. The number of hydrogen-bond donors (Lipinski definition) is 1. The molecule has 2 rings (SSSR count). The second-order valence-electron chi connectivity index (χ2n) is 4.49. The van der Waals surface area contributed by atoms with E-state index in [9.17, 15) is 5.26 Å². The lowest BCUT2D eigenvalue weighted by Gasteiger charge is -2.13. The summed E-state index contributed by atoms with van der Waals surface area (Å²) >= 11 is 0. The molecule has 0 saturated carbocycles. The zero-order valence-electron chi connectivity index (χ0n) is 12.5. The summed E-state index contributed by atoms with van der Waals surface area (Å²) in [5, 5.41) is 21.0. The van der Waals surface area contributed by atoms with E-state index in [-0.39, 0.29) is 0 Å². The van der Waals surface area contributed by atoms with E-state index in [4.69, 9.17) is 4.74 Å². The number of rotatable bonds is 5. The summed E-state index contributed by atoms with van der Waals surface area (Å²) in [6.07, 6.45) is 1.52. The van der Waals surface area contributed by atoms with Crippen molar-refractivity contribution < 1.29 is 4.74 Å². The van der Waals surface area contributed by atoms with E-state index in [1.54, 1.807) is 7.11 Å². The van der Waals surface area contributed by atoms with Gasteiger partial charge in [0.15, 0.2) is 5.82 Å². The van der Waals surface area contributed by atoms with Crippen molar-refractivity contribution in [2.24, 2.45) is 0 Å². The van der Waals surface area contributed by atoms with E-state index in [1.807, 2.05) is 38.1 Å². The normalized spacial score (nSPS) is 10.0. The topological polar surface area (TPSA) is 70.8 Å². The average Bonchev–Trinajstić information content (AvgIpc) is 2.54. The summed E-state index contributed by atoms with van der Waals surface area (Å²) in [7, 11) is 1.61.